The average Bonchev–Trinajstić information content (AvgIpc) is 3.41. The number of aromatic nitrogens is 1. The minimum atomic E-state index is -0.841. The van der Waals surface area contributed by atoms with E-state index in [2.05, 4.69) is 4.98 Å². The zero-order valence-electron chi connectivity index (χ0n) is 17.0. The maximum atomic E-state index is 12.9. The molecule has 0 radical (unpaired) electrons. The molecule has 158 valence electrons. The van der Waals surface area contributed by atoms with Crippen LogP contribution in [-0.4, -0.2) is 33.3 Å². The van der Waals surface area contributed by atoms with Crippen LogP contribution in [-0.2, 0) is 16.1 Å². The first kappa shape index (κ1) is 20.4. The van der Waals surface area contributed by atoms with Gasteiger partial charge in [-0.2, -0.15) is 0 Å². The third kappa shape index (κ3) is 4.07. The number of benzene rings is 1. The summed E-state index contributed by atoms with van der Waals surface area (Å²) in [5.74, 6) is -0.648. The molecular formula is C24H22N2O5. The molecule has 0 bridgehead atoms. The number of ether oxygens (including phenoxy) is 1. The summed E-state index contributed by atoms with van der Waals surface area (Å²) in [5, 5.41) is 11.0. The topological polar surface area (TPSA) is 92.9 Å². The van der Waals surface area contributed by atoms with Crippen LogP contribution in [0.3, 0.4) is 0 Å². The second-order valence-electron chi connectivity index (χ2n) is 7.18. The third-order valence-corrected chi connectivity index (χ3v) is 5.03. The zero-order chi connectivity index (χ0) is 21.8. The van der Waals surface area contributed by atoms with Crippen molar-refractivity contribution in [3.05, 3.63) is 89.6 Å². The van der Waals surface area contributed by atoms with E-state index >= 15 is 0 Å². The predicted molar refractivity (Wildman–Crippen MR) is 113 cm³/mol. The second-order valence-corrected chi connectivity index (χ2v) is 7.18. The minimum absolute atomic E-state index is 0.00827. The van der Waals surface area contributed by atoms with Crippen molar-refractivity contribution in [2.75, 3.05) is 6.61 Å². The number of hydrogen-bond donors (Lipinski definition) is 1. The first-order valence-corrected chi connectivity index (χ1v) is 10.0. The molecule has 0 unspecified atom stereocenters. The summed E-state index contributed by atoms with van der Waals surface area (Å²) < 4.78 is 11.1. The summed E-state index contributed by atoms with van der Waals surface area (Å²) in [6, 6.07) is 12.9. The van der Waals surface area contributed by atoms with E-state index < -0.39 is 17.7 Å². The number of furan rings is 1. The first-order chi connectivity index (χ1) is 15.1. The van der Waals surface area contributed by atoms with Crippen molar-refractivity contribution < 1.29 is 23.8 Å². The van der Waals surface area contributed by atoms with Crippen LogP contribution in [0.25, 0.3) is 5.76 Å². The van der Waals surface area contributed by atoms with Crippen molar-refractivity contribution in [3.8, 4) is 5.75 Å². The number of amides is 1. The molecule has 4 rings (SSSR count). The SMILES string of the molecule is CCCOc1ccc(/C(O)=C2\C(=O)C(=O)N(Cc3cccnc3)[C@H]2c2ccco2)cc1. The van der Waals surface area contributed by atoms with Gasteiger partial charge in [0.2, 0.25) is 0 Å². The van der Waals surface area contributed by atoms with E-state index in [-0.39, 0.29) is 17.9 Å². The van der Waals surface area contributed by atoms with Crippen LogP contribution in [0.1, 0.15) is 36.3 Å². The van der Waals surface area contributed by atoms with Crippen molar-refractivity contribution in [2.45, 2.75) is 25.9 Å². The predicted octanol–water partition coefficient (Wildman–Crippen LogP) is 4.09. The largest absolute Gasteiger partial charge is 0.507 e. The minimum Gasteiger partial charge on any atom is -0.507 e. The number of likely N-dealkylation sites (tertiary alicyclic amines) is 1. The quantitative estimate of drug-likeness (QED) is 0.353. The Balaban J connectivity index is 1.74. The monoisotopic (exact) mass is 418 g/mol. The molecular weight excluding hydrogens is 396 g/mol. The van der Waals surface area contributed by atoms with E-state index in [4.69, 9.17) is 9.15 Å². The molecule has 0 aliphatic carbocycles. The van der Waals surface area contributed by atoms with E-state index in [0.717, 1.165) is 12.0 Å². The molecule has 1 aliphatic rings. The molecule has 7 heteroatoms. The van der Waals surface area contributed by atoms with E-state index in [1.807, 2.05) is 13.0 Å². The lowest BCUT2D eigenvalue weighted by molar-refractivity contribution is -0.140. The standard InChI is InChI=1S/C24H22N2O5/c1-2-12-30-18-9-7-17(8-10-18)22(27)20-21(19-6-4-13-31-19)26(24(29)23(20)28)15-16-5-3-11-25-14-16/h3-11,13-14,21,27H,2,12,15H2,1H3/b22-20+/t21-/m0/s1. The van der Waals surface area contributed by atoms with Gasteiger partial charge in [0.15, 0.2) is 0 Å². The summed E-state index contributed by atoms with van der Waals surface area (Å²) in [6.45, 7) is 2.76. The number of pyridine rings is 1. The summed E-state index contributed by atoms with van der Waals surface area (Å²) >= 11 is 0. The molecule has 1 N–H and O–H groups in total. The van der Waals surface area contributed by atoms with Crippen LogP contribution < -0.4 is 4.74 Å². The number of carbonyl (C=O) groups is 2. The lowest BCUT2D eigenvalue weighted by Gasteiger charge is -2.23. The van der Waals surface area contributed by atoms with Gasteiger partial charge < -0.3 is 19.2 Å². The van der Waals surface area contributed by atoms with Gasteiger partial charge in [0.25, 0.3) is 11.7 Å². The molecule has 1 atom stereocenters. The lowest BCUT2D eigenvalue weighted by Crippen LogP contribution is -2.29. The van der Waals surface area contributed by atoms with Gasteiger partial charge >= 0.3 is 0 Å². The molecule has 1 amide bonds. The highest BCUT2D eigenvalue weighted by molar-refractivity contribution is 6.46. The molecule has 3 heterocycles. The maximum absolute atomic E-state index is 12.9. The van der Waals surface area contributed by atoms with E-state index in [9.17, 15) is 14.7 Å². The summed E-state index contributed by atoms with van der Waals surface area (Å²) in [6.07, 6.45) is 5.62. The van der Waals surface area contributed by atoms with Gasteiger partial charge in [0, 0.05) is 24.5 Å². The Hall–Kier alpha value is -3.87. The zero-order valence-corrected chi connectivity index (χ0v) is 17.0. The molecule has 3 aromatic rings. The molecule has 7 nitrogen and oxygen atoms in total. The van der Waals surface area contributed by atoms with Gasteiger partial charge in [0.05, 0.1) is 18.4 Å². The Morgan fingerprint density at radius 2 is 1.97 bits per heavy atom. The number of hydrogen-bond acceptors (Lipinski definition) is 6. The van der Waals surface area contributed by atoms with Gasteiger partial charge in [-0.05, 0) is 54.4 Å². The first-order valence-electron chi connectivity index (χ1n) is 10.0. The second kappa shape index (κ2) is 8.87. The number of Topliss-reactive ketones (excluding diaryl/α,β-unsaturated/α-hetero) is 1. The van der Waals surface area contributed by atoms with Crippen molar-refractivity contribution >= 4 is 17.4 Å². The maximum Gasteiger partial charge on any atom is 0.296 e. The van der Waals surface area contributed by atoms with Crippen LogP contribution in [0.2, 0.25) is 0 Å². The number of ketones is 1. The highest BCUT2D eigenvalue weighted by Crippen LogP contribution is 2.40. The number of aliphatic hydroxyl groups excluding tert-OH is 1. The Labute approximate surface area is 179 Å². The lowest BCUT2D eigenvalue weighted by atomic mass is 9.99. The van der Waals surface area contributed by atoms with Crippen molar-refractivity contribution in [2.24, 2.45) is 0 Å². The number of rotatable bonds is 7. The molecule has 1 fully saturated rings. The van der Waals surface area contributed by atoms with Crippen molar-refractivity contribution in [3.63, 3.8) is 0 Å². The smallest absolute Gasteiger partial charge is 0.296 e. The van der Waals surface area contributed by atoms with Gasteiger partial charge in [-0.1, -0.05) is 13.0 Å². The summed E-state index contributed by atoms with van der Waals surface area (Å²) in [5.41, 5.74) is 1.17. The van der Waals surface area contributed by atoms with Crippen LogP contribution >= 0.6 is 0 Å². The molecule has 1 aliphatic heterocycles. The Bertz CT molecular complexity index is 1090. The fraction of sp³-hybridized carbons (Fsp3) is 0.208. The molecule has 1 aromatic carbocycles. The van der Waals surface area contributed by atoms with Crippen molar-refractivity contribution in [1.82, 2.24) is 9.88 Å². The van der Waals surface area contributed by atoms with Gasteiger partial charge in [-0.15, -0.1) is 0 Å². The van der Waals surface area contributed by atoms with E-state index in [1.54, 1.807) is 54.9 Å². The molecule has 31 heavy (non-hydrogen) atoms. The Kier molecular flexibility index (Phi) is 5.84. The normalized spacial score (nSPS) is 17.8. The molecule has 1 saturated heterocycles. The summed E-state index contributed by atoms with van der Waals surface area (Å²) in [7, 11) is 0. The van der Waals surface area contributed by atoms with E-state index in [1.165, 1.54) is 11.2 Å². The van der Waals surface area contributed by atoms with Gasteiger partial charge in [-0.25, -0.2) is 0 Å². The molecule has 0 spiro atoms. The third-order valence-electron chi connectivity index (χ3n) is 5.03. The number of carbonyl (C=O) groups excluding carboxylic acids is 2. The van der Waals surface area contributed by atoms with E-state index in [0.29, 0.717) is 23.7 Å². The van der Waals surface area contributed by atoms with Crippen LogP contribution in [0.5, 0.6) is 5.75 Å². The van der Waals surface area contributed by atoms with Gasteiger partial charge in [-0.3, -0.25) is 14.6 Å². The number of aliphatic hydroxyl groups is 1. The fourth-order valence-corrected chi connectivity index (χ4v) is 3.56. The molecule has 0 saturated carbocycles. The van der Waals surface area contributed by atoms with Crippen LogP contribution in [0.4, 0.5) is 0 Å². The highest BCUT2D eigenvalue weighted by Gasteiger charge is 2.47. The van der Waals surface area contributed by atoms with Crippen molar-refractivity contribution in [1.29, 1.82) is 0 Å². The Morgan fingerprint density at radius 3 is 2.61 bits per heavy atom. The van der Waals surface area contributed by atoms with Crippen LogP contribution in [0, 0.1) is 0 Å². The average molecular weight is 418 g/mol. The van der Waals surface area contributed by atoms with Gasteiger partial charge in [0.1, 0.15) is 23.3 Å². The summed E-state index contributed by atoms with van der Waals surface area (Å²) in [4.78, 5) is 31.3. The fourth-order valence-electron chi connectivity index (χ4n) is 3.56. The highest BCUT2D eigenvalue weighted by atomic mass is 16.5. The number of nitrogens with zero attached hydrogens (tertiary/aromatic N) is 2. The Morgan fingerprint density at radius 1 is 1.16 bits per heavy atom. The van der Waals surface area contributed by atoms with Crippen LogP contribution in [0.15, 0.2) is 77.2 Å². The molecule has 2 aromatic heterocycles.